The zero-order chi connectivity index (χ0) is 12.7. The van der Waals surface area contributed by atoms with Crippen molar-refractivity contribution < 1.29 is 8.81 Å². The van der Waals surface area contributed by atoms with Crippen LogP contribution in [0.3, 0.4) is 0 Å². The molecular weight excluding hydrogens is 257 g/mol. The predicted molar refractivity (Wildman–Crippen MR) is 64.7 cm³/mol. The summed E-state index contributed by atoms with van der Waals surface area (Å²) in [5.74, 6) is -0.0559. The molecule has 0 bridgehead atoms. The van der Waals surface area contributed by atoms with Crippen molar-refractivity contribution in [2.45, 2.75) is 6.92 Å². The van der Waals surface area contributed by atoms with Crippen LogP contribution in [0, 0.1) is 12.7 Å². The summed E-state index contributed by atoms with van der Waals surface area (Å²) < 4.78 is 19.0. The van der Waals surface area contributed by atoms with Gasteiger partial charge in [-0.2, -0.15) is 0 Å². The van der Waals surface area contributed by atoms with Gasteiger partial charge in [-0.15, -0.1) is 0 Å². The summed E-state index contributed by atoms with van der Waals surface area (Å²) in [6, 6.07) is 4.69. The summed E-state index contributed by atoms with van der Waals surface area (Å²) in [7, 11) is 0. The molecule has 0 radical (unpaired) electrons. The van der Waals surface area contributed by atoms with Crippen molar-refractivity contribution in [3.63, 3.8) is 0 Å². The molecule has 0 saturated carbocycles. The standard InChI is InChI=1S/C12H7ClFN3O/c1-6-16-10-5-7(4-8(14)11(10)18-6)9-2-3-15-12(13)17-9/h2-5H,1H3. The zero-order valence-electron chi connectivity index (χ0n) is 9.32. The third-order valence-corrected chi connectivity index (χ3v) is 2.66. The van der Waals surface area contributed by atoms with Gasteiger partial charge in [-0.25, -0.2) is 19.3 Å². The lowest BCUT2D eigenvalue weighted by molar-refractivity contribution is 0.528. The Bertz CT molecular complexity index is 741. The monoisotopic (exact) mass is 263 g/mol. The van der Waals surface area contributed by atoms with E-state index in [-0.39, 0.29) is 10.9 Å². The van der Waals surface area contributed by atoms with Gasteiger partial charge in [0.15, 0.2) is 17.3 Å². The number of halogens is 2. The summed E-state index contributed by atoms with van der Waals surface area (Å²) in [6.45, 7) is 1.67. The molecule has 0 fully saturated rings. The molecule has 0 aliphatic carbocycles. The van der Waals surface area contributed by atoms with Crippen LogP contribution >= 0.6 is 11.6 Å². The predicted octanol–water partition coefficient (Wildman–Crippen LogP) is 3.39. The molecule has 0 spiro atoms. The van der Waals surface area contributed by atoms with Gasteiger partial charge in [0.2, 0.25) is 5.28 Å². The van der Waals surface area contributed by atoms with Crippen molar-refractivity contribution in [2.24, 2.45) is 0 Å². The van der Waals surface area contributed by atoms with Crippen molar-refractivity contribution in [1.29, 1.82) is 0 Å². The topological polar surface area (TPSA) is 51.8 Å². The van der Waals surface area contributed by atoms with E-state index in [1.54, 1.807) is 19.1 Å². The molecule has 1 aromatic carbocycles. The minimum absolute atomic E-state index is 0.115. The summed E-state index contributed by atoms with van der Waals surface area (Å²) in [5, 5.41) is 0.115. The lowest BCUT2D eigenvalue weighted by Gasteiger charge is -2.01. The largest absolute Gasteiger partial charge is 0.438 e. The Balaban J connectivity index is 2.24. The van der Waals surface area contributed by atoms with E-state index in [4.69, 9.17) is 16.0 Å². The Hall–Kier alpha value is -2.01. The minimum Gasteiger partial charge on any atom is -0.438 e. The van der Waals surface area contributed by atoms with Gasteiger partial charge in [-0.3, -0.25) is 0 Å². The molecule has 0 amide bonds. The van der Waals surface area contributed by atoms with Crippen molar-refractivity contribution in [3.05, 3.63) is 41.4 Å². The molecule has 6 heteroatoms. The Morgan fingerprint density at radius 3 is 2.89 bits per heavy atom. The number of nitrogens with zero attached hydrogens (tertiary/aromatic N) is 3. The lowest BCUT2D eigenvalue weighted by atomic mass is 10.1. The lowest BCUT2D eigenvalue weighted by Crippen LogP contribution is -1.88. The second-order valence-corrected chi connectivity index (χ2v) is 4.09. The maximum Gasteiger partial charge on any atom is 0.222 e. The van der Waals surface area contributed by atoms with Crippen LogP contribution in [0.1, 0.15) is 5.89 Å². The summed E-state index contributed by atoms with van der Waals surface area (Å²) in [6.07, 6.45) is 1.51. The average Bonchev–Trinajstić information content (AvgIpc) is 2.70. The summed E-state index contributed by atoms with van der Waals surface area (Å²) in [5.41, 5.74) is 1.72. The van der Waals surface area contributed by atoms with Gasteiger partial charge >= 0.3 is 0 Å². The van der Waals surface area contributed by atoms with E-state index < -0.39 is 5.82 Å². The smallest absolute Gasteiger partial charge is 0.222 e. The number of hydrogen-bond acceptors (Lipinski definition) is 4. The van der Waals surface area contributed by atoms with Gasteiger partial charge in [0.25, 0.3) is 0 Å². The Morgan fingerprint density at radius 1 is 1.28 bits per heavy atom. The van der Waals surface area contributed by atoms with Crippen molar-refractivity contribution in [3.8, 4) is 11.3 Å². The second kappa shape index (κ2) is 4.03. The van der Waals surface area contributed by atoms with Gasteiger partial charge in [0, 0.05) is 18.7 Å². The molecule has 0 N–H and O–H groups in total. The molecule has 0 aliphatic rings. The third kappa shape index (κ3) is 1.82. The maximum atomic E-state index is 13.8. The van der Waals surface area contributed by atoms with Gasteiger partial charge in [0.05, 0.1) is 5.69 Å². The number of fused-ring (bicyclic) bond motifs is 1. The molecule has 2 heterocycles. The van der Waals surface area contributed by atoms with Crippen LogP contribution in [0.2, 0.25) is 5.28 Å². The molecular formula is C12H7ClFN3O. The molecule has 0 aliphatic heterocycles. The quantitative estimate of drug-likeness (QED) is 0.632. The van der Waals surface area contributed by atoms with Crippen LogP contribution < -0.4 is 0 Å². The van der Waals surface area contributed by atoms with Crippen LogP contribution in [0.15, 0.2) is 28.8 Å². The molecule has 0 saturated heterocycles. The first-order valence-electron chi connectivity index (χ1n) is 5.19. The molecule has 0 unspecified atom stereocenters. The second-order valence-electron chi connectivity index (χ2n) is 3.75. The molecule has 2 aromatic heterocycles. The molecule has 18 heavy (non-hydrogen) atoms. The number of oxazole rings is 1. The highest BCUT2D eigenvalue weighted by atomic mass is 35.5. The molecule has 4 nitrogen and oxygen atoms in total. The zero-order valence-corrected chi connectivity index (χ0v) is 10.1. The fourth-order valence-corrected chi connectivity index (χ4v) is 1.89. The average molecular weight is 264 g/mol. The van der Waals surface area contributed by atoms with Gasteiger partial charge in [-0.05, 0) is 29.8 Å². The number of hydrogen-bond donors (Lipinski definition) is 0. The first-order valence-corrected chi connectivity index (χ1v) is 5.57. The van der Waals surface area contributed by atoms with E-state index in [1.807, 2.05) is 0 Å². The number of benzene rings is 1. The Kier molecular flexibility index (Phi) is 2.48. The molecule has 0 atom stereocenters. The van der Waals surface area contributed by atoms with Crippen molar-refractivity contribution in [2.75, 3.05) is 0 Å². The summed E-state index contributed by atoms with van der Waals surface area (Å²) in [4.78, 5) is 11.9. The first kappa shape index (κ1) is 11.1. The van der Waals surface area contributed by atoms with E-state index in [0.717, 1.165) is 0 Å². The summed E-state index contributed by atoms with van der Waals surface area (Å²) >= 11 is 5.71. The van der Waals surface area contributed by atoms with Gasteiger partial charge < -0.3 is 4.42 Å². The van der Waals surface area contributed by atoms with E-state index in [0.29, 0.717) is 22.7 Å². The minimum atomic E-state index is -0.474. The van der Waals surface area contributed by atoms with E-state index >= 15 is 0 Å². The number of aryl methyl sites for hydroxylation is 1. The van der Waals surface area contributed by atoms with Gasteiger partial charge in [-0.1, -0.05) is 0 Å². The van der Waals surface area contributed by atoms with Crippen molar-refractivity contribution in [1.82, 2.24) is 15.0 Å². The molecule has 90 valence electrons. The highest BCUT2D eigenvalue weighted by Gasteiger charge is 2.12. The van der Waals surface area contributed by atoms with Crippen LogP contribution in [0.25, 0.3) is 22.4 Å². The van der Waals surface area contributed by atoms with Crippen LogP contribution in [-0.4, -0.2) is 15.0 Å². The highest BCUT2D eigenvalue weighted by molar-refractivity contribution is 6.28. The Labute approximate surface area is 106 Å². The molecule has 3 aromatic rings. The van der Waals surface area contributed by atoms with Crippen LogP contribution in [0.5, 0.6) is 0 Å². The Morgan fingerprint density at radius 2 is 2.11 bits per heavy atom. The normalized spacial score (nSPS) is 11.1. The fourth-order valence-electron chi connectivity index (χ4n) is 1.75. The fraction of sp³-hybridized carbons (Fsp3) is 0.0833. The number of rotatable bonds is 1. The van der Waals surface area contributed by atoms with E-state index in [9.17, 15) is 4.39 Å². The molecule has 3 rings (SSSR count). The van der Waals surface area contributed by atoms with E-state index in [2.05, 4.69) is 15.0 Å². The third-order valence-electron chi connectivity index (χ3n) is 2.47. The highest BCUT2D eigenvalue weighted by Crippen LogP contribution is 2.26. The first-order chi connectivity index (χ1) is 8.63. The van der Waals surface area contributed by atoms with Crippen LogP contribution in [0.4, 0.5) is 4.39 Å². The van der Waals surface area contributed by atoms with Crippen molar-refractivity contribution >= 4 is 22.7 Å². The SMILES string of the molecule is Cc1nc2cc(-c3ccnc(Cl)n3)cc(F)c2o1. The van der Waals surface area contributed by atoms with Gasteiger partial charge in [0.1, 0.15) is 5.52 Å². The number of aromatic nitrogens is 3. The maximum absolute atomic E-state index is 13.8. The van der Waals surface area contributed by atoms with E-state index in [1.165, 1.54) is 12.3 Å². The van der Waals surface area contributed by atoms with Crippen LogP contribution in [-0.2, 0) is 0 Å².